The third-order valence-electron chi connectivity index (χ3n) is 4.93. The highest BCUT2D eigenvalue weighted by Crippen LogP contribution is 2.36. The molecule has 0 bridgehead atoms. The van der Waals surface area contributed by atoms with E-state index in [0.29, 0.717) is 24.7 Å². The van der Waals surface area contributed by atoms with Crippen LogP contribution in [0.25, 0.3) is 0 Å². The Labute approximate surface area is 129 Å². The molecule has 118 valence electrons. The van der Waals surface area contributed by atoms with E-state index in [4.69, 9.17) is 0 Å². The van der Waals surface area contributed by atoms with Crippen molar-refractivity contribution in [1.29, 1.82) is 0 Å². The third kappa shape index (κ3) is 2.30. The zero-order chi connectivity index (χ0) is 15.5. The molecular formula is C16H22N4O2. The lowest BCUT2D eigenvalue weighted by atomic mass is 9.88. The molecule has 1 atom stereocenters. The van der Waals surface area contributed by atoms with E-state index in [0.717, 1.165) is 37.3 Å². The van der Waals surface area contributed by atoms with Crippen molar-refractivity contribution in [2.75, 3.05) is 13.1 Å². The van der Waals surface area contributed by atoms with Crippen LogP contribution >= 0.6 is 0 Å². The fourth-order valence-corrected chi connectivity index (χ4v) is 3.54. The SMILES string of the molecule is CC1(C)CNC(=O)c2nc([C@H]3CC(=O)N(C4CC4)C3)[nH]c2C1. The number of H-pyrrole nitrogens is 1. The van der Waals surface area contributed by atoms with E-state index in [1.54, 1.807) is 0 Å². The highest BCUT2D eigenvalue weighted by Gasteiger charge is 2.41. The fraction of sp³-hybridized carbons (Fsp3) is 0.688. The molecule has 2 amide bonds. The number of amides is 2. The second-order valence-electron chi connectivity index (χ2n) is 7.65. The average molecular weight is 302 g/mol. The van der Waals surface area contributed by atoms with Crippen LogP contribution in [-0.2, 0) is 11.2 Å². The zero-order valence-corrected chi connectivity index (χ0v) is 13.1. The molecule has 2 fully saturated rings. The Hall–Kier alpha value is -1.85. The van der Waals surface area contributed by atoms with Gasteiger partial charge in [0.1, 0.15) is 11.5 Å². The van der Waals surface area contributed by atoms with E-state index in [1.807, 2.05) is 4.90 Å². The quantitative estimate of drug-likeness (QED) is 0.861. The number of rotatable bonds is 2. The van der Waals surface area contributed by atoms with Gasteiger partial charge in [0.2, 0.25) is 5.91 Å². The predicted octanol–water partition coefficient (Wildman–Crippen LogP) is 1.20. The van der Waals surface area contributed by atoms with Gasteiger partial charge in [-0.15, -0.1) is 0 Å². The topological polar surface area (TPSA) is 78.1 Å². The summed E-state index contributed by atoms with van der Waals surface area (Å²) in [5.41, 5.74) is 1.43. The Morgan fingerprint density at radius 1 is 1.27 bits per heavy atom. The Morgan fingerprint density at radius 3 is 2.77 bits per heavy atom. The van der Waals surface area contributed by atoms with Gasteiger partial charge >= 0.3 is 0 Å². The summed E-state index contributed by atoms with van der Waals surface area (Å²) >= 11 is 0. The van der Waals surface area contributed by atoms with Gasteiger partial charge in [-0.3, -0.25) is 9.59 Å². The smallest absolute Gasteiger partial charge is 0.271 e. The number of hydrogen-bond acceptors (Lipinski definition) is 3. The van der Waals surface area contributed by atoms with Gasteiger partial charge < -0.3 is 15.2 Å². The molecule has 2 aliphatic heterocycles. The predicted molar refractivity (Wildman–Crippen MR) is 80.5 cm³/mol. The van der Waals surface area contributed by atoms with Gasteiger partial charge in [0.05, 0.1) is 0 Å². The minimum atomic E-state index is -0.105. The van der Waals surface area contributed by atoms with Crippen LogP contribution in [0.4, 0.5) is 0 Å². The van der Waals surface area contributed by atoms with Gasteiger partial charge in [0.25, 0.3) is 5.91 Å². The highest BCUT2D eigenvalue weighted by molar-refractivity contribution is 5.94. The van der Waals surface area contributed by atoms with E-state index in [-0.39, 0.29) is 23.1 Å². The monoisotopic (exact) mass is 302 g/mol. The van der Waals surface area contributed by atoms with Crippen molar-refractivity contribution >= 4 is 11.8 Å². The van der Waals surface area contributed by atoms with Crippen molar-refractivity contribution in [3.8, 4) is 0 Å². The van der Waals surface area contributed by atoms with Crippen molar-refractivity contribution in [1.82, 2.24) is 20.2 Å². The maximum atomic E-state index is 12.2. The minimum Gasteiger partial charge on any atom is -0.350 e. The second kappa shape index (κ2) is 4.57. The van der Waals surface area contributed by atoms with Crippen LogP contribution in [0.5, 0.6) is 0 Å². The molecular weight excluding hydrogens is 280 g/mol. The number of carbonyl (C=O) groups is 2. The van der Waals surface area contributed by atoms with Crippen LogP contribution in [0.2, 0.25) is 0 Å². The van der Waals surface area contributed by atoms with Gasteiger partial charge in [-0.05, 0) is 24.7 Å². The van der Waals surface area contributed by atoms with Crippen LogP contribution in [-0.4, -0.2) is 45.8 Å². The van der Waals surface area contributed by atoms with E-state index >= 15 is 0 Å². The molecule has 1 saturated heterocycles. The number of hydrogen-bond donors (Lipinski definition) is 2. The first-order valence-corrected chi connectivity index (χ1v) is 8.09. The number of nitrogens with one attached hydrogen (secondary N) is 2. The number of aromatic amines is 1. The van der Waals surface area contributed by atoms with Crippen LogP contribution in [0.15, 0.2) is 0 Å². The van der Waals surface area contributed by atoms with E-state index in [9.17, 15) is 9.59 Å². The number of nitrogens with zero attached hydrogens (tertiary/aromatic N) is 2. The second-order valence-corrected chi connectivity index (χ2v) is 7.65. The first-order chi connectivity index (χ1) is 10.4. The highest BCUT2D eigenvalue weighted by atomic mass is 16.2. The Kier molecular flexibility index (Phi) is 2.86. The van der Waals surface area contributed by atoms with E-state index in [2.05, 4.69) is 29.1 Å². The maximum Gasteiger partial charge on any atom is 0.271 e. The lowest BCUT2D eigenvalue weighted by molar-refractivity contribution is -0.128. The molecule has 3 heterocycles. The summed E-state index contributed by atoms with van der Waals surface area (Å²) in [4.78, 5) is 34.2. The van der Waals surface area contributed by atoms with Crippen molar-refractivity contribution in [2.24, 2.45) is 5.41 Å². The Balaban J connectivity index is 1.61. The molecule has 6 nitrogen and oxygen atoms in total. The maximum absolute atomic E-state index is 12.2. The standard InChI is InChI=1S/C16H22N4O2/c1-16(2)6-11-13(15(22)17-8-16)19-14(18-11)9-5-12(21)20(7-9)10-3-4-10/h9-10H,3-8H2,1-2H3,(H,17,22)(H,18,19)/t9-/m0/s1. The van der Waals surface area contributed by atoms with Crippen LogP contribution < -0.4 is 5.32 Å². The average Bonchev–Trinajstić information content (AvgIpc) is 3.12. The molecule has 1 aliphatic carbocycles. The largest absolute Gasteiger partial charge is 0.350 e. The van der Waals surface area contributed by atoms with E-state index < -0.39 is 0 Å². The molecule has 0 radical (unpaired) electrons. The van der Waals surface area contributed by atoms with Crippen LogP contribution in [0.3, 0.4) is 0 Å². The molecule has 2 N–H and O–H groups in total. The summed E-state index contributed by atoms with van der Waals surface area (Å²) in [7, 11) is 0. The molecule has 3 aliphatic rings. The molecule has 4 rings (SSSR count). The first kappa shape index (κ1) is 13.8. The van der Waals surface area contributed by atoms with Crippen molar-refractivity contribution in [3.63, 3.8) is 0 Å². The Bertz CT molecular complexity index is 645. The number of likely N-dealkylation sites (tertiary alicyclic amines) is 1. The molecule has 0 aromatic carbocycles. The molecule has 1 aromatic rings. The van der Waals surface area contributed by atoms with Gasteiger partial charge in [-0.2, -0.15) is 0 Å². The van der Waals surface area contributed by atoms with Crippen molar-refractivity contribution in [3.05, 3.63) is 17.2 Å². The summed E-state index contributed by atoms with van der Waals surface area (Å²) in [6.07, 6.45) is 3.56. The molecule has 0 spiro atoms. The van der Waals surface area contributed by atoms with Crippen LogP contribution in [0, 0.1) is 5.41 Å². The van der Waals surface area contributed by atoms with E-state index in [1.165, 1.54) is 0 Å². The van der Waals surface area contributed by atoms with Gasteiger partial charge in [0, 0.05) is 37.2 Å². The molecule has 1 aromatic heterocycles. The third-order valence-corrected chi connectivity index (χ3v) is 4.93. The summed E-state index contributed by atoms with van der Waals surface area (Å²) in [6, 6.07) is 0.451. The van der Waals surface area contributed by atoms with Gasteiger partial charge in [-0.25, -0.2) is 4.98 Å². The molecule has 1 saturated carbocycles. The number of aromatic nitrogens is 2. The summed E-state index contributed by atoms with van der Waals surface area (Å²) in [5, 5.41) is 2.94. The minimum absolute atomic E-state index is 0.0102. The molecule has 0 unspecified atom stereocenters. The summed E-state index contributed by atoms with van der Waals surface area (Å²) in [5.74, 6) is 1.01. The number of imidazole rings is 1. The van der Waals surface area contributed by atoms with Crippen molar-refractivity contribution < 1.29 is 9.59 Å². The fourth-order valence-electron chi connectivity index (χ4n) is 3.54. The molecule has 22 heavy (non-hydrogen) atoms. The first-order valence-electron chi connectivity index (χ1n) is 8.09. The normalized spacial score (nSPS) is 27.5. The summed E-state index contributed by atoms with van der Waals surface area (Å²) in [6.45, 7) is 5.66. The molecule has 6 heteroatoms. The lowest BCUT2D eigenvalue weighted by Gasteiger charge is -2.21. The lowest BCUT2D eigenvalue weighted by Crippen LogP contribution is -2.32. The van der Waals surface area contributed by atoms with Gasteiger partial charge in [-0.1, -0.05) is 13.8 Å². The van der Waals surface area contributed by atoms with Crippen molar-refractivity contribution in [2.45, 2.75) is 51.5 Å². The number of fused-ring (bicyclic) bond motifs is 1. The number of carbonyl (C=O) groups excluding carboxylic acids is 2. The van der Waals surface area contributed by atoms with Gasteiger partial charge in [0.15, 0.2) is 0 Å². The zero-order valence-electron chi connectivity index (χ0n) is 13.1. The summed E-state index contributed by atoms with van der Waals surface area (Å²) < 4.78 is 0. The Morgan fingerprint density at radius 2 is 2.05 bits per heavy atom. The van der Waals surface area contributed by atoms with Crippen LogP contribution in [0.1, 0.15) is 61.0 Å².